The summed E-state index contributed by atoms with van der Waals surface area (Å²) in [5.74, 6) is -0.0672. The minimum Gasteiger partial charge on any atom is -0.342 e. The van der Waals surface area contributed by atoms with E-state index in [9.17, 15) is 14.9 Å². The quantitative estimate of drug-likeness (QED) is 0.521. The van der Waals surface area contributed by atoms with Gasteiger partial charge in [-0.3, -0.25) is 14.9 Å². The molecule has 26 heavy (non-hydrogen) atoms. The standard InChI is InChI=1S/C19H18N4O3/c1-14(24)21(2)12-16-13-22(17-8-4-3-5-9-17)20-19(16)15-7-6-10-18(11-15)23(25)26/h3-11,13H,12H2,1-2H3. The van der Waals surface area contributed by atoms with Crippen LogP contribution in [0.1, 0.15) is 12.5 Å². The molecule has 1 amide bonds. The van der Waals surface area contributed by atoms with Crippen LogP contribution in [0.4, 0.5) is 5.69 Å². The summed E-state index contributed by atoms with van der Waals surface area (Å²) >= 11 is 0. The van der Waals surface area contributed by atoms with Crippen molar-refractivity contribution in [3.8, 4) is 16.9 Å². The van der Waals surface area contributed by atoms with Crippen LogP contribution in [-0.2, 0) is 11.3 Å². The van der Waals surface area contributed by atoms with Crippen LogP contribution >= 0.6 is 0 Å². The third-order valence-electron chi connectivity index (χ3n) is 4.09. The number of aromatic nitrogens is 2. The first-order valence-electron chi connectivity index (χ1n) is 8.06. The average molecular weight is 350 g/mol. The molecule has 0 spiro atoms. The van der Waals surface area contributed by atoms with Gasteiger partial charge in [0.2, 0.25) is 5.91 Å². The molecule has 7 nitrogen and oxygen atoms in total. The Morgan fingerprint density at radius 1 is 1.19 bits per heavy atom. The van der Waals surface area contributed by atoms with E-state index in [4.69, 9.17) is 0 Å². The fraction of sp³-hybridized carbons (Fsp3) is 0.158. The van der Waals surface area contributed by atoms with Crippen LogP contribution in [0.2, 0.25) is 0 Å². The predicted molar refractivity (Wildman–Crippen MR) is 97.8 cm³/mol. The van der Waals surface area contributed by atoms with Gasteiger partial charge in [-0.2, -0.15) is 5.10 Å². The molecule has 0 unspecified atom stereocenters. The SMILES string of the molecule is CC(=O)N(C)Cc1cn(-c2ccccc2)nc1-c1cccc([N+](=O)[O-])c1. The number of para-hydroxylation sites is 1. The number of nitrogens with zero attached hydrogens (tertiary/aromatic N) is 4. The van der Waals surface area contributed by atoms with Crippen molar-refractivity contribution in [3.63, 3.8) is 0 Å². The molecule has 0 bridgehead atoms. The largest absolute Gasteiger partial charge is 0.342 e. The van der Waals surface area contributed by atoms with Crippen LogP contribution < -0.4 is 0 Å². The zero-order valence-electron chi connectivity index (χ0n) is 14.5. The highest BCUT2D eigenvalue weighted by molar-refractivity contribution is 5.73. The first kappa shape index (κ1) is 17.3. The van der Waals surface area contributed by atoms with E-state index in [-0.39, 0.29) is 11.6 Å². The van der Waals surface area contributed by atoms with Crippen LogP contribution in [0.15, 0.2) is 60.8 Å². The Balaban J connectivity index is 2.10. The van der Waals surface area contributed by atoms with E-state index < -0.39 is 4.92 Å². The molecule has 0 saturated heterocycles. The number of rotatable bonds is 5. The van der Waals surface area contributed by atoms with Gasteiger partial charge in [-0.05, 0) is 12.1 Å². The molecule has 0 atom stereocenters. The Hall–Kier alpha value is -3.48. The molecular formula is C19H18N4O3. The Labute approximate surface area is 150 Å². The highest BCUT2D eigenvalue weighted by atomic mass is 16.6. The molecule has 0 radical (unpaired) electrons. The number of hydrogen-bond donors (Lipinski definition) is 0. The smallest absolute Gasteiger partial charge is 0.270 e. The predicted octanol–water partition coefficient (Wildman–Crippen LogP) is 3.43. The van der Waals surface area contributed by atoms with Gasteiger partial charge in [-0.1, -0.05) is 30.3 Å². The van der Waals surface area contributed by atoms with Gasteiger partial charge in [-0.15, -0.1) is 0 Å². The monoisotopic (exact) mass is 350 g/mol. The van der Waals surface area contributed by atoms with Crippen molar-refractivity contribution in [1.82, 2.24) is 14.7 Å². The Bertz CT molecular complexity index is 950. The average Bonchev–Trinajstić information content (AvgIpc) is 3.06. The van der Waals surface area contributed by atoms with Gasteiger partial charge in [0.05, 0.1) is 16.3 Å². The van der Waals surface area contributed by atoms with Gasteiger partial charge >= 0.3 is 0 Å². The molecule has 0 N–H and O–H groups in total. The number of nitro groups is 1. The molecule has 3 aromatic rings. The zero-order valence-corrected chi connectivity index (χ0v) is 14.5. The Kier molecular flexibility index (Phi) is 4.79. The topological polar surface area (TPSA) is 81.3 Å². The summed E-state index contributed by atoms with van der Waals surface area (Å²) in [6.07, 6.45) is 1.85. The van der Waals surface area contributed by atoms with E-state index in [1.54, 1.807) is 28.8 Å². The minimum absolute atomic E-state index is 0.00244. The number of carbonyl (C=O) groups is 1. The number of hydrogen-bond acceptors (Lipinski definition) is 4. The fourth-order valence-electron chi connectivity index (χ4n) is 2.62. The lowest BCUT2D eigenvalue weighted by atomic mass is 10.1. The van der Waals surface area contributed by atoms with E-state index in [0.717, 1.165) is 11.3 Å². The van der Waals surface area contributed by atoms with Crippen LogP contribution in [0, 0.1) is 10.1 Å². The van der Waals surface area contributed by atoms with E-state index in [0.29, 0.717) is 17.8 Å². The van der Waals surface area contributed by atoms with Crippen molar-refractivity contribution in [2.24, 2.45) is 0 Å². The van der Waals surface area contributed by atoms with Crippen molar-refractivity contribution in [2.75, 3.05) is 7.05 Å². The molecule has 1 aromatic heterocycles. The second kappa shape index (κ2) is 7.18. The fourth-order valence-corrected chi connectivity index (χ4v) is 2.62. The minimum atomic E-state index is -0.431. The summed E-state index contributed by atoms with van der Waals surface area (Å²) in [5.41, 5.74) is 2.94. The summed E-state index contributed by atoms with van der Waals surface area (Å²) in [5, 5.41) is 15.7. The van der Waals surface area contributed by atoms with Crippen molar-refractivity contribution < 1.29 is 9.72 Å². The second-order valence-electron chi connectivity index (χ2n) is 5.97. The summed E-state index contributed by atoms with van der Waals surface area (Å²) in [4.78, 5) is 23.9. The first-order chi connectivity index (χ1) is 12.5. The summed E-state index contributed by atoms with van der Waals surface area (Å²) < 4.78 is 1.72. The molecule has 2 aromatic carbocycles. The number of benzene rings is 2. The highest BCUT2D eigenvalue weighted by Gasteiger charge is 2.17. The number of nitro benzene ring substituents is 1. The number of non-ortho nitro benzene ring substituents is 1. The molecule has 0 aliphatic carbocycles. The second-order valence-corrected chi connectivity index (χ2v) is 5.97. The normalized spacial score (nSPS) is 10.5. The lowest BCUT2D eigenvalue weighted by Crippen LogP contribution is -2.23. The molecule has 0 fully saturated rings. The van der Waals surface area contributed by atoms with Crippen LogP contribution in [0.25, 0.3) is 16.9 Å². The maximum atomic E-state index is 11.6. The Morgan fingerprint density at radius 3 is 2.58 bits per heavy atom. The van der Waals surface area contributed by atoms with Crippen molar-refractivity contribution in [2.45, 2.75) is 13.5 Å². The third kappa shape index (κ3) is 3.61. The van der Waals surface area contributed by atoms with Gasteiger partial charge in [0, 0.05) is 50.0 Å². The molecule has 1 heterocycles. The lowest BCUT2D eigenvalue weighted by Gasteiger charge is -2.14. The maximum absolute atomic E-state index is 11.6. The van der Waals surface area contributed by atoms with Crippen molar-refractivity contribution >= 4 is 11.6 Å². The Morgan fingerprint density at radius 2 is 1.92 bits per heavy atom. The molecule has 132 valence electrons. The number of amides is 1. The van der Waals surface area contributed by atoms with Gasteiger partial charge in [0.1, 0.15) is 0 Å². The number of carbonyl (C=O) groups excluding carboxylic acids is 1. The van der Waals surface area contributed by atoms with Crippen molar-refractivity contribution in [1.29, 1.82) is 0 Å². The first-order valence-corrected chi connectivity index (χ1v) is 8.06. The molecular weight excluding hydrogens is 332 g/mol. The van der Waals surface area contributed by atoms with Gasteiger partial charge in [0.25, 0.3) is 5.69 Å². The molecule has 0 aliphatic heterocycles. The van der Waals surface area contributed by atoms with Gasteiger partial charge in [0.15, 0.2) is 0 Å². The van der Waals surface area contributed by atoms with Gasteiger partial charge in [-0.25, -0.2) is 4.68 Å². The van der Waals surface area contributed by atoms with Crippen LogP contribution in [0.3, 0.4) is 0 Å². The van der Waals surface area contributed by atoms with E-state index >= 15 is 0 Å². The van der Waals surface area contributed by atoms with Crippen LogP contribution in [-0.4, -0.2) is 32.6 Å². The van der Waals surface area contributed by atoms with E-state index in [1.807, 2.05) is 36.5 Å². The van der Waals surface area contributed by atoms with E-state index in [2.05, 4.69) is 5.10 Å². The van der Waals surface area contributed by atoms with Crippen molar-refractivity contribution in [3.05, 3.63) is 76.5 Å². The van der Waals surface area contributed by atoms with Crippen LogP contribution in [0.5, 0.6) is 0 Å². The summed E-state index contributed by atoms with van der Waals surface area (Å²) in [6.45, 7) is 1.86. The zero-order chi connectivity index (χ0) is 18.7. The highest BCUT2D eigenvalue weighted by Crippen LogP contribution is 2.27. The summed E-state index contributed by atoms with van der Waals surface area (Å²) in [6, 6.07) is 15.9. The third-order valence-corrected chi connectivity index (χ3v) is 4.09. The molecule has 0 saturated carbocycles. The summed E-state index contributed by atoms with van der Waals surface area (Å²) in [7, 11) is 1.71. The molecule has 3 rings (SSSR count). The molecule has 7 heteroatoms. The molecule has 0 aliphatic rings. The van der Waals surface area contributed by atoms with E-state index in [1.165, 1.54) is 19.1 Å². The lowest BCUT2D eigenvalue weighted by molar-refractivity contribution is -0.384. The van der Waals surface area contributed by atoms with Gasteiger partial charge < -0.3 is 4.90 Å². The maximum Gasteiger partial charge on any atom is 0.270 e.